The monoisotopic (exact) mass is 574 g/mol. The summed E-state index contributed by atoms with van der Waals surface area (Å²) < 4.78 is 39.7. The average Bonchev–Trinajstić information content (AvgIpc) is 3.34. The molecule has 2 atom stereocenters. The van der Waals surface area contributed by atoms with E-state index < -0.39 is 10.0 Å². The first kappa shape index (κ1) is 28.6. The van der Waals surface area contributed by atoms with Crippen molar-refractivity contribution in [3.8, 4) is 5.75 Å². The number of nitrogens with one attached hydrogen (secondary N) is 1. The molecule has 1 fully saturated rings. The van der Waals surface area contributed by atoms with Gasteiger partial charge in [-0.05, 0) is 73.7 Å². The molecule has 0 spiro atoms. The summed E-state index contributed by atoms with van der Waals surface area (Å²) in [6.07, 6.45) is 0.988. The Kier molecular flexibility index (Phi) is 8.28. The topological polar surface area (TPSA) is 106 Å². The number of rotatable bonds is 10. The molecule has 2 heterocycles. The van der Waals surface area contributed by atoms with Crippen molar-refractivity contribution >= 4 is 38.2 Å². The number of Topliss-reactive ketones (excluding diaryl/α,β-unsaturated/α-hetero) is 1. The van der Waals surface area contributed by atoms with E-state index in [0.717, 1.165) is 6.42 Å². The molecule has 0 aliphatic carbocycles. The highest BCUT2D eigenvalue weighted by molar-refractivity contribution is 7.89. The smallest absolute Gasteiger partial charge is 0.243 e. The average molecular weight is 575 g/mol. The summed E-state index contributed by atoms with van der Waals surface area (Å²) in [5, 5.41) is 3.77. The second kappa shape index (κ2) is 11.9. The molecule has 1 N–H and O–H groups in total. The molecule has 214 valence electrons. The van der Waals surface area contributed by atoms with Crippen LogP contribution >= 0.6 is 0 Å². The van der Waals surface area contributed by atoms with E-state index in [0.29, 0.717) is 47.7 Å². The number of ketones is 2. The highest BCUT2D eigenvalue weighted by Gasteiger charge is 2.32. The SMILES string of the molecule is CCOc1ccc(C(=O)c2oc3ccccc3c2NCC(=O)c2cccc(S(=O)(=O)N3CC(C)CC(C)C3)c2)cc1. The predicted molar refractivity (Wildman–Crippen MR) is 158 cm³/mol. The Morgan fingerprint density at radius 3 is 2.37 bits per heavy atom. The van der Waals surface area contributed by atoms with E-state index in [1.165, 1.54) is 16.4 Å². The third-order valence-corrected chi connectivity index (χ3v) is 9.11. The van der Waals surface area contributed by atoms with Crippen molar-refractivity contribution in [2.75, 3.05) is 31.6 Å². The van der Waals surface area contributed by atoms with Crippen molar-refractivity contribution < 1.29 is 27.2 Å². The van der Waals surface area contributed by atoms with Gasteiger partial charge in [0.15, 0.2) is 11.5 Å². The number of ether oxygens (including phenoxy) is 1. The Bertz CT molecular complexity index is 1670. The van der Waals surface area contributed by atoms with Crippen LogP contribution in [0, 0.1) is 11.8 Å². The Hall–Kier alpha value is -3.95. The fourth-order valence-electron chi connectivity index (χ4n) is 5.43. The zero-order valence-electron chi connectivity index (χ0n) is 23.4. The van der Waals surface area contributed by atoms with Crippen molar-refractivity contribution in [3.63, 3.8) is 0 Å². The molecule has 9 heteroatoms. The van der Waals surface area contributed by atoms with E-state index in [1.807, 2.05) is 25.1 Å². The predicted octanol–water partition coefficient (Wildman–Crippen LogP) is 6.02. The lowest BCUT2D eigenvalue weighted by Crippen LogP contribution is -2.42. The number of sulfonamides is 1. The maximum atomic E-state index is 13.4. The normalized spacial score (nSPS) is 17.8. The molecule has 1 aliphatic heterocycles. The number of piperidine rings is 1. The first-order chi connectivity index (χ1) is 19.7. The van der Waals surface area contributed by atoms with Gasteiger partial charge in [-0.25, -0.2) is 8.42 Å². The highest BCUT2D eigenvalue weighted by Crippen LogP contribution is 2.33. The van der Waals surface area contributed by atoms with Crippen LogP contribution in [0.3, 0.4) is 0 Å². The Balaban J connectivity index is 1.38. The number of benzene rings is 3. The van der Waals surface area contributed by atoms with Crippen molar-refractivity contribution in [1.29, 1.82) is 0 Å². The van der Waals surface area contributed by atoms with E-state index in [1.54, 1.807) is 42.5 Å². The van der Waals surface area contributed by atoms with Crippen molar-refractivity contribution in [1.82, 2.24) is 4.31 Å². The lowest BCUT2D eigenvalue weighted by atomic mass is 9.94. The minimum atomic E-state index is -3.73. The van der Waals surface area contributed by atoms with Crippen LogP contribution in [0.2, 0.25) is 0 Å². The summed E-state index contributed by atoms with van der Waals surface area (Å²) >= 11 is 0. The van der Waals surface area contributed by atoms with Gasteiger partial charge in [0.05, 0.1) is 23.7 Å². The largest absolute Gasteiger partial charge is 0.494 e. The van der Waals surface area contributed by atoms with Gasteiger partial charge in [0, 0.05) is 29.6 Å². The van der Waals surface area contributed by atoms with E-state index in [9.17, 15) is 18.0 Å². The van der Waals surface area contributed by atoms with Crippen molar-refractivity contribution in [3.05, 3.63) is 89.7 Å². The molecule has 5 rings (SSSR count). The number of fused-ring (bicyclic) bond motifs is 1. The fourth-order valence-corrected chi connectivity index (χ4v) is 7.16. The van der Waals surface area contributed by atoms with Crippen LogP contribution in [0.4, 0.5) is 5.69 Å². The van der Waals surface area contributed by atoms with Gasteiger partial charge in [-0.15, -0.1) is 0 Å². The zero-order chi connectivity index (χ0) is 29.1. The van der Waals surface area contributed by atoms with Gasteiger partial charge in [0.25, 0.3) is 0 Å². The molecule has 2 unspecified atom stereocenters. The van der Waals surface area contributed by atoms with Crippen LogP contribution < -0.4 is 10.1 Å². The number of para-hydroxylation sites is 1. The molecule has 41 heavy (non-hydrogen) atoms. The molecule has 0 bridgehead atoms. The van der Waals surface area contributed by atoms with Gasteiger partial charge in [0.2, 0.25) is 15.8 Å². The summed E-state index contributed by atoms with van der Waals surface area (Å²) in [7, 11) is -3.73. The number of carbonyl (C=O) groups is 2. The highest BCUT2D eigenvalue weighted by atomic mass is 32.2. The molecular formula is C32H34N2O6S. The van der Waals surface area contributed by atoms with Crippen LogP contribution in [-0.4, -0.2) is 50.5 Å². The number of hydrogen-bond donors (Lipinski definition) is 1. The molecule has 1 aromatic heterocycles. The molecule has 0 saturated carbocycles. The Morgan fingerprint density at radius 2 is 1.66 bits per heavy atom. The number of anilines is 1. The van der Waals surface area contributed by atoms with Crippen molar-refractivity contribution in [2.45, 2.75) is 32.1 Å². The third-order valence-electron chi connectivity index (χ3n) is 7.28. The maximum absolute atomic E-state index is 13.4. The van der Waals surface area contributed by atoms with Gasteiger partial charge in [-0.2, -0.15) is 4.31 Å². The summed E-state index contributed by atoms with van der Waals surface area (Å²) in [6, 6.07) is 20.1. The first-order valence-corrected chi connectivity index (χ1v) is 15.3. The number of carbonyl (C=O) groups excluding carboxylic acids is 2. The maximum Gasteiger partial charge on any atom is 0.243 e. The second-order valence-corrected chi connectivity index (χ2v) is 12.6. The number of nitrogens with zero attached hydrogens (tertiary/aromatic N) is 1. The lowest BCUT2D eigenvalue weighted by Gasteiger charge is -2.34. The van der Waals surface area contributed by atoms with Crippen molar-refractivity contribution in [2.24, 2.45) is 11.8 Å². The minimum absolute atomic E-state index is 0.0906. The van der Waals surface area contributed by atoms with E-state index in [2.05, 4.69) is 19.2 Å². The number of furan rings is 1. The molecule has 0 radical (unpaired) electrons. The van der Waals surface area contributed by atoms with Crippen LogP contribution in [-0.2, 0) is 10.0 Å². The molecule has 8 nitrogen and oxygen atoms in total. The summed E-state index contributed by atoms with van der Waals surface area (Å²) in [5.74, 6) is 0.641. The Morgan fingerprint density at radius 1 is 0.951 bits per heavy atom. The fraction of sp³-hybridized carbons (Fsp3) is 0.312. The molecule has 1 aliphatic rings. The third kappa shape index (κ3) is 6.06. The molecule has 0 amide bonds. The molecule has 1 saturated heterocycles. The van der Waals surface area contributed by atoms with Gasteiger partial charge in [-0.1, -0.05) is 38.1 Å². The standard InChI is InChI=1S/C32H34N2O6S/c1-4-39-25-14-12-23(13-15-25)31(36)32-30(27-10-5-6-11-29(27)40-32)33-18-28(35)24-8-7-9-26(17-24)41(37,38)34-19-21(2)16-22(3)20-34/h5-15,17,21-22,33H,4,16,18-20H2,1-3H3. The van der Waals surface area contributed by atoms with Gasteiger partial charge >= 0.3 is 0 Å². The van der Waals surface area contributed by atoms with Crippen LogP contribution in [0.5, 0.6) is 5.75 Å². The summed E-state index contributed by atoms with van der Waals surface area (Å²) in [4.78, 5) is 26.8. The van der Waals surface area contributed by atoms with Gasteiger partial charge in [-0.3, -0.25) is 9.59 Å². The minimum Gasteiger partial charge on any atom is -0.494 e. The van der Waals surface area contributed by atoms with Crippen LogP contribution in [0.25, 0.3) is 11.0 Å². The Labute approximate surface area is 240 Å². The van der Waals surface area contributed by atoms with E-state index in [-0.39, 0.29) is 46.2 Å². The molecule has 3 aromatic carbocycles. The quantitative estimate of drug-likeness (QED) is 0.231. The molecular weight excluding hydrogens is 540 g/mol. The molecule has 4 aromatic rings. The second-order valence-electron chi connectivity index (χ2n) is 10.7. The van der Waals surface area contributed by atoms with Crippen LogP contribution in [0.15, 0.2) is 82.1 Å². The first-order valence-electron chi connectivity index (χ1n) is 13.8. The number of hydrogen-bond acceptors (Lipinski definition) is 7. The van der Waals surface area contributed by atoms with Gasteiger partial charge in [0.1, 0.15) is 11.3 Å². The van der Waals surface area contributed by atoms with E-state index >= 15 is 0 Å². The zero-order valence-corrected chi connectivity index (χ0v) is 24.2. The van der Waals surface area contributed by atoms with Gasteiger partial charge < -0.3 is 14.5 Å². The lowest BCUT2D eigenvalue weighted by molar-refractivity contribution is 0.0997. The summed E-state index contributed by atoms with van der Waals surface area (Å²) in [5.41, 5.74) is 1.60. The van der Waals surface area contributed by atoms with Crippen LogP contribution in [0.1, 0.15) is 53.7 Å². The van der Waals surface area contributed by atoms with E-state index in [4.69, 9.17) is 9.15 Å². The summed E-state index contributed by atoms with van der Waals surface area (Å²) in [6.45, 7) is 7.28.